The van der Waals surface area contributed by atoms with Crippen molar-refractivity contribution in [1.29, 1.82) is 0 Å². The molecule has 0 aliphatic carbocycles. The van der Waals surface area contributed by atoms with Crippen molar-refractivity contribution < 1.29 is 4.42 Å². The first-order chi connectivity index (χ1) is 27.8. The molecule has 11 aromatic rings. The minimum Gasteiger partial charge on any atom is -0.436 e. The van der Waals surface area contributed by atoms with Crippen molar-refractivity contribution in [1.82, 2.24) is 19.9 Å². The van der Waals surface area contributed by atoms with E-state index >= 15 is 0 Å². The number of aromatic nitrogens is 4. The zero-order valence-corrected chi connectivity index (χ0v) is 30.7. The number of thiophene rings is 1. The summed E-state index contributed by atoms with van der Waals surface area (Å²) in [4.78, 5) is 22.3. The van der Waals surface area contributed by atoms with E-state index in [4.69, 9.17) is 24.4 Å². The Hall–Kier alpha value is -7.28. The quantitative estimate of drug-likeness (QED) is 0.170. The van der Waals surface area contributed by atoms with Crippen molar-refractivity contribution in [3.8, 4) is 67.3 Å². The maximum absolute atomic E-state index is 6.26. The molecule has 11 rings (SSSR count). The van der Waals surface area contributed by atoms with Crippen molar-refractivity contribution in [2.45, 2.75) is 0 Å². The molecule has 56 heavy (non-hydrogen) atoms. The number of para-hydroxylation sites is 1. The van der Waals surface area contributed by atoms with Crippen molar-refractivity contribution in [2.75, 3.05) is 0 Å². The first kappa shape index (κ1) is 32.2. The zero-order valence-electron chi connectivity index (χ0n) is 29.9. The van der Waals surface area contributed by atoms with E-state index in [0.29, 0.717) is 5.71 Å². The van der Waals surface area contributed by atoms with Gasteiger partial charge in [-0.15, -0.1) is 11.3 Å². The number of nitrogens with zero attached hydrogens (tertiary/aromatic N) is 4. The second-order valence-electron chi connectivity index (χ2n) is 13.7. The molecule has 0 radical (unpaired) electrons. The topological polar surface area (TPSA) is 64.7 Å². The Morgan fingerprint density at radius 1 is 0.339 bits per heavy atom. The summed E-state index contributed by atoms with van der Waals surface area (Å²) < 4.78 is 7.43. The molecule has 0 unspecified atom stereocenters. The van der Waals surface area contributed by atoms with Crippen LogP contribution >= 0.6 is 11.3 Å². The molecule has 0 N–H and O–H groups in total. The molecule has 4 heterocycles. The molecule has 6 heteroatoms. The fourth-order valence-corrected chi connectivity index (χ4v) is 8.83. The zero-order chi connectivity index (χ0) is 37.0. The number of rotatable bonds is 6. The number of hydrogen-bond acceptors (Lipinski definition) is 6. The Kier molecular flexibility index (Phi) is 7.60. The summed E-state index contributed by atoms with van der Waals surface area (Å²) in [5.41, 5.74) is 14.5. The van der Waals surface area contributed by atoms with Crippen molar-refractivity contribution in [3.63, 3.8) is 0 Å². The molecule has 262 valence electrons. The lowest BCUT2D eigenvalue weighted by Crippen LogP contribution is -1.98. The standard InChI is InChI=1S/C50H30N4OS/c1-3-17-31(18-4-1)43-45(51-47-39-27-13-15-29-41(39)55-49(47)53-43)37-25-11-9-23-35(37)33-21-7-8-22-34(33)36-24-10-12-26-38(36)46-44(32-19-5-2-6-20-32)54-50-48(52-46)40-28-14-16-30-42(40)56-50/h1-30H. The average molecular weight is 735 g/mol. The molecular weight excluding hydrogens is 705 g/mol. The van der Waals surface area contributed by atoms with Crippen LogP contribution in [0.3, 0.4) is 0 Å². The molecule has 0 fully saturated rings. The summed E-state index contributed by atoms with van der Waals surface area (Å²) >= 11 is 1.68. The van der Waals surface area contributed by atoms with Crippen LogP contribution in [0.4, 0.5) is 0 Å². The summed E-state index contributed by atoms with van der Waals surface area (Å²) in [5.74, 6) is 0. The third-order valence-electron chi connectivity index (χ3n) is 10.4. The van der Waals surface area contributed by atoms with Crippen molar-refractivity contribution in [3.05, 3.63) is 182 Å². The fourth-order valence-electron chi connectivity index (χ4n) is 7.82. The number of furan rings is 1. The molecule has 0 saturated heterocycles. The minimum absolute atomic E-state index is 0.520. The Balaban J connectivity index is 1.15. The average Bonchev–Trinajstić information content (AvgIpc) is 3.83. The van der Waals surface area contributed by atoms with Gasteiger partial charge < -0.3 is 4.42 Å². The van der Waals surface area contributed by atoms with Crippen LogP contribution in [0, 0.1) is 0 Å². The second-order valence-corrected chi connectivity index (χ2v) is 14.7. The SMILES string of the molecule is c1ccc(-c2nc3oc4ccccc4c3nc2-c2ccccc2-c2ccccc2-c2ccccc2-c2nc3c(nc2-c2ccccc2)sc2ccccc23)cc1. The van der Waals surface area contributed by atoms with E-state index in [1.807, 2.05) is 48.5 Å². The van der Waals surface area contributed by atoms with Gasteiger partial charge in [-0.3, -0.25) is 0 Å². The Morgan fingerprint density at radius 2 is 0.786 bits per heavy atom. The molecule has 7 aromatic carbocycles. The lowest BCUT2D eigenvalue weighted by atomic mass is 9.87. The fraction of sp³-hybridized carbons (Fsp3) is 0. The van der Waals surface area contributed by atoms with E-state index in [1.54, 1.807) is 11.3 Å². The first-order valence-electron chi connectivity index (χ1n) is 18.6. The van der Waals surface area contributed by atoms with E-state index in [1.165, 1.54) is 4.70 Å². The van der Waals surface area contributed by atoms with E-state index in [9.17, 15) is 0 Å². The third kappa shape index (κ3) is 5.30. The van der Waals surface area contributed by atoms with Gasteiger partial charge in [0.25, 0.3) is 0 Å². The molecule has 0 aliphatic rings. The highest BCUT2D eigenvalue weighted by atomic mass is 32.1. The van der Waals surface area contributed by atoms with E-state index in [0.717, 1.165) is 99.5 Å². The van der Waals surface area contributed by atoms with E-state index in [-0.39, 0.29) is 0 Å². The second kappa shape index (κ2) is 13.2. The van der Waals surface area contributed by atoms with Crippen LogP contribution < -0.4 is 0 Å². The van der Waals surface area contributed by atoms with Crippen LogP contribution in [0.25, 0.3) is 110 Å². The lowest BCUT2D eigenvalue weighted by Gasteiger charge is -2.18. The van der Waals surface area contributed by atoms with Gasteiger partial charge in [-0.05, 0) is 40.5 Å². The first-order valence-corrected chi connectivity index (χ1v) is 19.4. The molecule has 0 aliphatic heterocycles. The number of hydrogen-bond donors (Lipinski definition) is 0. The van der Waals surface area contributed by atoms with Crippen LogP contribution in [0.2, 0.25) is 0 Å². The van der Waals surface area contributed by atoms with Gasteiger partial charge >= 0.3 is 0 Å². The Bertz CT molecular complexity index is 3040. The number of benzene rings is 7. The van der Waals surface area contributed by atoms with Crippen molar-refractivity contribution in [2.24, 2.45) is 0 Å². The summed E-state index contributed by atoms with van der Waals surface area (Å²) in [6.45, 7) is 0. The van der Waals surface area contributed by atoms with Gasteiger partial charge in [-0.25, -0.2) is 19.9 Å². The molecule has 0 bridgehead atoms. The smallest absolute Gasteiger partial charge is 0.246 e. The highest BCUT2D eigenvalue weighted by Gasteiger charge is 2.23. The lowest BCUT2D eigenvalue weighted by molar-refractivity contribution is 0.653. The highest BCUT2D eigenvalue weighted by Crippen LogP contribution is 2.45. The van der Waals surface area contributed by atoms with Crippen LogP contribution in [-0.4, -0.2) is 19.9 Å². The molecule has 4 aromatic heterocycles. The molecule has 5 nitrogen and oxygen atoms in total. The maximum atomic E-state index is 6.26. The molecule has 0 spiro atoms. The van der Waals surface area contributed by atoms with Crippen molar-refractivity contribution >= 4 is 54.0 Å². The van der Waals surface area contributed by atoms with Gasteiger partial charge in [0.1, 0.15) is 27.1 Å². The van der Waals surface area contributed by atoms with Gasteiger partial charge in [0.15, 0.2) is 0 Å². The highest BCUT2D eigenvalue weighted by molar-refractivity contribution is 7.25. The Morgan fingerprint density at radius 3 is 1.39 bits per heavy atom. The molecular formula is C50H30N4OS. The predicted octanol–water partition coefficient (Wildman–Crippen LogP) is 13.5. The largest absolute Gasteiger partial charge is 0.436 e. The summed E-state index contributed by atoms with van der Waals surface area (Å²) in [5, 5.41) is 2.05. The normalized spacial score (nSPS) is 11.6. The van der Waals surface area contributed by atoms with Gasteiger partial charge in [-0.1, -0.05) is 164 Å². The summed E-state index contributed by atoms with van der Waals surface area (Å²) in [7, 11) is 0. The molecule has 0 saturated carbocycles. The van der Waals surface area contributed by atoms with Crippen LogP contribution in [-0.2, 0) is 0 Å². The minimum atomic E-state index is 0.520. The van der Waals surface area contributed by atoms with Crippen LogP contribution in [0.1, 0.15) is 0 Å². The third-order valence-corrected chi connectivity index (χ3v) is 11.4. The summed E-state index contributed by atoms with van der Waals surface area (Å²) in [6, 6.07) is 62.7. The van der Waals surface area contributed by atoms with Crippen LogP contribution in [0.5, 0.6) is 0 Å². The van der Waals surface area contributed by atoms with Gasteiger partial charge in [0, 0.05) is 37.7 Å². The van der Waals surface area contributed by atoms with Gasteiger partial charge in [-0.2, -0.15) is 0 Å². The van der Waals surface area contributed by atoms with Gasteiger partial charge in [0.05, 0.1) is 17.1 Å². The van der Waals surface area contributed by atoms with E-state index in [2.05, 4.69) is 133 Å². The van der Waals surface area contributed by atoms with Gasteiger partial charge in [0.2, 0.25) is 5.71 Å². The Labute approximate surface area is 326 Å². The number of fused-ring (bicyclic) bond motifs is 6. The summed E-state index contributed by atoms with van der Waals surface area (Å²) in [6.07, 6.45) is 0. The van der Waals surface area contributed by atoms with E-state index < -0.39 is 0 Å². The monoisotopic (exact) mass is 734 g/mol. The molecule has 0 atom stereocenters. The van der Waals surface area contributed by atoms with Crippen LogP contribution in [0.15, 0.2) is 186 Å². The molecule has 0 amide bonds. The maximum Gasteiger partial charge on any atom is 0.246 e. The predicted molar refractivity (Wildman–Crippen MR) is 230 cm³/mol.